The lowest BCUT2D eigenvalue weighted by Gasteiger charge is -2.29. The van der Waals surface area contributed by atoms with Gasteiger partial charge in [-0.15, -0.1) is 0 Å². The number of ketones is 1. The lowest BCUT2D eigenvalue weighted by Crippen LogP contribution is -2.43. The number of fused-ring (bicyclic) bond motifs is 1. The van der Waals surface area contributed by atoms with E-state index in [0.29, 0.717) is 33.0 Å². The molecule has 2 aromatic heterocycles. The predicted molar refractivity (Wildman–Crippen MR) is 93.0 cm³/mol. The van der Waals surface area contributed by atoms with Crippen LogP contribution in [0.3, 0.4) is 0 Å². The summed E-state index contributed by atoms with van der Waals surface area (Å²) in [6, 6.07) is -0.341. The molecule has 1 unspecified atom stereocenters. The Kier molecular flexibility index (Phi) is 4.18. The minimum atomic E-state index is -0.341. The van der Waals surface area contributed by atoms with Crippen molar-refractivity contribution in [3.05, 3.63) is 16.9 Å². The second kappa shape index (κ2) is 6.16. The lowest BCUT2D eigenvalue weighted by atomic mass is 10.0. The Hall–Kier alpha value is -2.55. The number of carbonyl (C=O) groups is 2. The molecule has 3 heterocycles. The molecule has 2 aromatic rings. The van der Waals surface area contributed by atoms with Gasteiger partial charge >= 0.3 is 0 Å². The third-order valence-corrected chi connectivity index (χ3v) is 4.85. The number of rotatable bonds is 4. The normalized spacial score (nSPS) is 16.4. The third kappa shape index (κ3) is 2.94. The van der Waals surface area contributed by atoms with Crippen LogP contribution in [0.2, 0.25) is 0 Å². The van der Waals surface area contributed by atoms with Gasteiger partial charge in [-0.2, -0.15) is 0 Å². The van der Waals surface area contributed by atoms with Gasteiger partial charge in [-0.05, 0) is 12.8 Å². The summed E-state index contributed by atoms with van der Waals surface area (Å²) in [4.78, 5) is 37.1. The molecule has 0 bridgehead atoms. The van der Waals surface area contributed by atoms with E-state index < -0.39 is 0 Å². The smallest absolute Gasteiger partial charge is 0.247 e. The maximum absolute atomic E-state index is 12.2. The molecule has 0 aromatic carbocycles. The largest absolute Gasteiger partial charge is 0.356 e. The van der Waals surface area contributed by atoms with Gasteiger partial charge in [0.2, 0.25) is 5.91 Å². The first-order chi connectivity index (χ1) is 11.4. The molecule has 3 N–H and O–H groups in total. The summed E-state index contributed by atoms with van der Waals surface area (Å²) in [5.41, 5.74) is 1.15. The maximum atomic E-state index is 12.2. The fourth-order valence-corrected chi connectivity index (χ4v) is 3.33. The van der Waals surface area contributed by atoms with Gasteiger partial charge in [0.25, 0.3) is 0 Å². The number of carbonyl (C=O) groups excluding carboxylic acids is 2. The van der Waals surface area contributed by atoms with Crippen molar-refractivity contribution in [1.29, 1.82) is 0 Å². The quantitative estimate of drug-likeness (QED) is 0.730. The molecule has 0 spiro atoms. The van der Waals surface area contributed by atoms with Gasteiger partial charge in [-0.25, -0.2) is 15.0 Å². The van der Waals surface area contributed by atoms with Crippen molar-refractivity contribution >= 4 is 45.5 Å². The number of nitrogens with zero attached hydrogens (tertiary/aromatic N) is 3. The molecular weight excluding hydrogens is 328 g/mol. The van der Waals surface area contributed by atoms with E-state index in [1.807, 2.05) is 13.8 Å². The van der Waals surface area contributed by atoms with Crippen molar-refractivity contribution in [3.8, 4) is 0 Å². The lowest BCUT2D eigenvalue weighted by molar-refractivity contribution is -0.117. The molecule has 3 rings (SSSR count). The summed E-state index contributed by atoms with van der Waals surface area (Å²) in [6.07, 6.45) is 1.41. The van der Waals surface area contributed by atoms with Crippen molar-refractivity contribution in [2.75, 3.05) is 16.0 Å². The van der Waals surface area contributed by atoms with Crippen LogP contribution in [-0.4, -0.2) is 32.7 Å². The molecule has 1 atom stereocenters. The fourth-order valence-electron chi connectivity index (χ4n) is 2.47. The van der Waals surface area contributed by atoms with Crippen LogP contribution in [0.1, 0.15) is 36.1 Å². The number of hydrogen-bond acceptors (Lipinski definition) is 8. The average Bonchev–Trinajstić information content (AvgIpc) is 2.88. The zero-order valence-corrected chi connectivity index (χ0v) is 14.6. The molecule has 24 heavy (non-hydrogen) atoms. The van der Waals surface area contributed by atoms with Gasteiger partial charge in [0.15, 0.2) is 22.6 Å². The monoisotopic (exact) mass is 346 g/mol. The second-order valence-corrected chi connectivity index (χ2v) is 6.91. The van der Waals surface area contributed by atoms with Crippen LogP contribution < -0.4 is 16.0 Å². The molecule has 0 radical (unpaired) electrons. The van der Waals surface area contributed by atoms with Crippen LogP contribution in [0.5, 0.6) is 0 Å². The van der Waals surface area contributed by atoms with Crippen LogP contribution in [0, 0.1) is 12.8 Å². The van der Waals surface area contributed by atoms with Crippen LogP contribution in [-0.2, 0) is 4.79 Å². The predicted octanol–water partition coefficient (Wildman–Crippen LogP) is 2.58. The summed E-state index contributed by atoms with van der Waals surface area (Å²) in [7, 11) is 0. The van der Waals surface area contributed by atoms with E-state index in [1.165, 1.54) is 24.6 Å². The Balaban J connectivity index is 1.91. The first-order valence-corrected chi connectivity index (χ1v) is 8.36. The van der Waals surface area contributed by atoms with E-state index in [9.17, 15) is 9.59 Å². The Bertz CT molecular complexity index is 816. The third-order valence-electron chi connectivity index (χ3n) is 3.68. The standard InChI is InChI=1S/C15H18N6O2S/c1-6(2)9-14(23)20-10-12(19-9)16-5-17-13(10)21-15-18-7(3)11(24-15)8(4)22/h5-6,9H,1-4H3,(H,20,23)(H2,16,17,18,19,21). The highest BCUT2D eigenvalue weighted by molar-refractivity contribution is 7.17. The first kappa shape index (κ1) is 16.3. The van der Waals surface area contributed by atoms with E-state index in [4.69, 9.17) is 0 Å². The Morgan fingerprint density at radius 1 is 1.38 bits per heavy atom. The first-order valence-electron chi connectivity index (χ1n) is 7.54. The van der Waals surface area contributed by atoms with E-state index in [1.54, 1.807) is 6.92 Å². The maximum Gasteiger partial charge on any atom is 0.247 e. The van der Waals surface area contributed by atoms with E-state index in [0.717, 1.165) is 0 Å². The summed E-state index contributed by atoms with van der Waals surface area (Å²) < 4.78 is 0. The summed E-state index contributed by atoms with van der Waals surface area (Å²) >= 11 is 1.25. The Morgan fingerprint density at radius 3 is 2.75 bits per heavy atom. The summed E-state index contributed by atoms with van der Waals surface area (Å²) in [6.45, 7) is 7.21. The summed E-state index contributed by atoms with van der Waals surface area (Å²) in [5, 5.41) is 9.58. The van der Waals surface area contributed by atoms with E-state index >= 15 is 0 Å². The molecule has 0 saturated heterocycles. The van der Waals surface area contributed by atoms with Crippen molar-refractivity contribution < 1.29 is 9.59 Å². The van der Waals surface area contributed by atoms with Gasteiger partial charge in [-0.1, -0.05) is 25.2 Å². The highest BCUT2D eigenvalue weighted by Gasteiger charge is 2.30. The van der Waals surface area contributed by atoms with Crippen LogP contribution in [0.15, 0.2) is 6.33 Å². The molecule has 1 aliphatic rings. The topological polar surface area (TPSA) is 109 Å². The van der Waals surface area contributed by atoms with Crippen LogP contribution >= 0.6 is 11.3 Å². The molecule has 0 aliphatic carbocycles. The van der Waals surface area contributed by atoms with E-state index in [-0.39, 0.29) is 23.7 Å². The number of hydrogen-bond donors (Lipinski definition) is 3. The number of anilines is 4. The molecule has 9 heteroatoms. The minimum absolute atomic E-state index is 0.0301. The van der Waals surface area contributed by atoms with Gasteiger partial charge in [0.05, 0.1) is 10.6 Å². The van der Waals surface area contributed by atoms with Crippen LogP contribution in [0.4, 0.5) is 22.5 Å². The van der Waals surface area contributed by atoms with Gasteiger partial charge < -0.3 is 16.0 Å². The van der Waals surface area contributed by atoms with Gasteiger partial charge in [0, 0.05) is 6.92 Å². The molecule has 1 aliphatic heterocycles. The molecule has 0 fully saturated rings. The Morgan fingerprint density at radius 2 is 2.12 bits per heavy atom. The fraction of sp³-hybridized carbons (Fsp3) is 0.400. The van der Waals surface area contributed by atoms with Gasteiger partial charge in [-0.3, -0.25) is 9.59 Å². The molecular formula is C15H18N6O2S. The molecule has 8 nitrogen and oxygen atoms in total. The number of Topliss-reactive ketones (excluding diaryl/α,β-unsaturated/α-hetero) is 1. The SMILES string of the molecule is CC(=O)c1sc(Nc2ncnc3c2NC(=O)C(C(C)C)N3)nc1C. The highest BCUT2D eigenvalue weighted by Crippen LogP contribution is 2.34. The van der Waals surface area contributed by atoms with Crippen molar-refractivity contribution in [1.82, 2.24) is 15.0 Å². The van der Waals surface area contributed by atoms with Gasteiger partial charge in [0.1, 0.15) is 18.1 Å². The molecule has 0 saturated carbocycles. The number of amides is 1. The number of aromatic nitrogens is 3. The number of thiazole rings is 1. The molecule has 1 amide bonds. The summed E-state index contributed by atoms with van der Waals surface area (Å²) in [5.74, 6) is 0.967. The average molecular weight is 346 g/mol. The molecule has 126 valence electrons. The Labute approximate surface area is 143 Å². The van der Waals surface area contributed by atoms with Crippen molar-refractivity contribution in [2.45, 2.75) is 33.7 Å². The highest BCUT2D eigenvalue weighted by atomic mass is 32.1. The van der Waals surface area contributed by atoms with E-state index in [2.05, 4.69) is 30.9 Å². The van der Waals surface area contributed by atoms with Crippen molar-refractivity contribution in [3.63, 3.8) is 0 Å². The van der Waals surface area contributed by atoms with Crippen molar-refractivity contribution in [2.24, 2.45) is 5.92 Å². The second-order valence-electron chi connectivity index (χ2n) is 5.92. The van der Waals surface area contributed by atoms with Crippen LogP contribution in [0.25, 0.3) is 0 Å². The zero-order chi connectivity index (χ0) is 17.4. The zero-order valence-electron chi connectivity index (χ0n) is 13.8. The number of aryl methyl sites for hydroxylation is 1. The number of nitrogens with one attached hydrogen (secondary N) is 3. The minimum Gasteiger partial charge on any atom is -0.356 e.